The Morgan fingerprint density at radius 1 is 1.25 bits per heavy atom. The first-order chi connectivity index (χ1) is 7.60. The van der Waals surface area contributed by atoms with Gasteiger partial charge in [-0.2, -0.15) is 0 Å². The molecule has 0 radical (unpaired) electrons. The monoisotopic (exact) mass is 226 g/mol. The molecule has 1 aliphatic heterocycles. The molecule has 2 unspecified atom stereocenters. The van der Waals surface area contributed by atoms with Crippen LogP contribution in [0.25, 0.3) is 0 Å². The van der Waals surface area contributed by atoms with Crippen molar-refractivity contribution in [3.8, 4) is 0 Å². The van der Waals surface area contributed by atoms with Crippen LogP contribution in [-0.2, 0) is 4.74 Å². The molecule has 1 heterocycles. The highest BCUT2D eigenvalue weighted by Gasteiger charge is 2.42. The molecule has 16 heavy (non-hydrogen) atoms. The van der Waals surface area contributed by atoms with Crippen LogP contribution in [0.1, 0.15) is 33.6 Å². The Morgan fingerprint density at radius 2 is 1.88 bits per heavy atom. The van der Waals surface area contributed by atoms with Crippen LogP contribution >= 0.6 is 0 Å². The third kappa shape index (κ3) is 3.19. The Morgan fingerprint density at radius 3 is 2.44 bits per heavy atom. The average Bonchev–Trinajstić information content (AvgIpc) is 2.99. The first-order valence-electron chi connectivity index (χ1n) is 6.66. The van der Waals surface area contributed by atoms with Gasteiger partial charge in [-0.05, 0) is 32.1 Å². The standard InChI is InChI=1S/C13H26N2O/c1-11(10-15-6-8-16-9-7-15)14-12(2)13(3)4-5-13/h11-12,14H,4-10H2,1-3H3. The fourth-order valence-corrected chi connectivity index (χ4v) is 2.48. The molecular weight excluding hydrogens is 200 g/mol. The van der Waals surface area contributed by atoms with Gasteiger partial charge in [0.25, 0.3) is 0 Å². The van der Waals surface area contributed by atoms with Crippen molar-refractivity contribution >= 4 is 0 Å². The molecule has 2 rings (SSSR count). The van der Waals surface area contributed by atoms with Gasteiger partial charge in [0, 0.05) is 31.7 Å². The SMILES string of the molecule is CC(CN1CCOCC1)NC(C)C1(C)CC1. The van der Waals surface area contributed by atoms with Crippen LogP contribution in [0.3, 0.4) is 0 Å². The van der Waals surface area contributed by atoms with Gasteiger partial charge in [0.05, 0.1) is 13.2 Å². The molecule has 0 aromatic carbocycles. The summed E-state index contributed by atoms with van der Waals surface area (Å²) in [7, 11) is 0. The summed E-state index contributed by atoms with van der Waals surface area (Å²) in [6.07, 6.45) is 2.79. The predicted octanol–water partition coefficient (Wildman–Crippen LogP) is 1.49. The second-order valence-electron chi connectivity index (χ2n) is 5.86. The van der Waals surface area contributed by atoms with Gasteiger partial charge in [-0.25, -0.2) is 0 Å². The Balaban J connectivity index is 1.68. The maximum atomic E-state index is 5.36. The van der Waals surface area contributed by atoms with E-state index in [4.69, 9.17) is 4.74 Å². The Hall–Kier alpha value is -0.120. The van der Waals surface area contributed by atoms with E-state index in [2.05, 4.69) is 31.0 Å². The number of hydrogen-bond donors (Lipinski definition) is 1. The normalized spacial score (nSPS) is 28.7. The molecule has 3 nitrogen and oxygen atoms in total. The minimum atomic E-state index is 0.583. The van der Waals surface area contributed by atoms with Gasteiger partial charge < -0.3 is 10.1 Å². The third-order valence-electron chi connectivity index (χ3n) is 4.25. The molecule has 3 heteroatoms. The number of morpholine rings is 1. The Labute approximate surface area is 99.5 Å². The van der Waals surface area contributed by atoms with Crippen molar-refractivity contribution in [2.24, 2.45) is 5.41 Å². The number of hydrogen-bond acceptors (Lipinski definition) is 3. The second kappa shape index (κ2) is 5.03. The van der Waals surface area contributed by atoms with Crippen molar-refractivity contribution in [1.29, 1.82) is 0 Å². The average molecular weight is 226 g/mol. The van der Waals surface area contributed by atoms with E-state index < -0.39 is 0 Å². The van der Waals surface area contributed by atoms with Gasteiger partial charge in [-0.1, -0.05) is 6.92 Å². The molecule has 0 aromatic rings. The van der Waals surface area contributed by atoms with E-state index in [1.165, 1.54) is 12.8 Å². The van der Waals surface area contributed by atoms with Gasteiger partial charge in [0.15, 0.2) is 0 Å². The summed E-state index contributed by atoms with van der Waals surface area (Å²) in [5.41, 5.74) is 0.583. The van der Waals surface area contributed by atoms with E-state index in [-0.39, 0.29) is 0 Å². The van der Waals surface area contributed by atoms with Crippen LogP contribution < -0.4 is 5.32 Å². The van der Waals surface area contributed by atoms with Crippen molar-refractivity contribution in [2.75, 3.05) is 32.8 Å². The minimum absolute atomic E-state index is 0.583. The highest BCUT2D eigenvalue weighted by Crippen LogP contribution is 2.48. The Bertz CT molecular complexity index is 222. The molecule has 1 saturated carbocycles. The van der Waals surface area contributed by atoms with Crippen molar-refractivity contribution in [2.45, 2.75) is 45.7 Å². The quantitative estimate of drug-likeness (QED) is 0.768. The summed E-state index contributed by atoms with van der Waals surface area (Å²) in [4.78, 5) is 2.50. The van der Waals surface area contributed by atoms with E-state index in [1.807, 2.05) is 0 Å². The lowest BCUT2D eigenvalue weighted by Gasteiger charge is -2.32. The molecule has 0 bridgehead atoms. The van der Waals surface area contributed by atoms with Crippen LogP contribution in [0.15, 0.2) is 0 Å². The lowest BCUT2D eigenvalue weighted by atomic mass is 10.00. The number of rotatable bonds is 5. The van der Waals surface area contributed by atoms with E-state index in [1.54, 1.807) is 0 Å². The third-order valence-corrected chi connectivity index (χ3v) is 4.25. The highest BCUT2D eigenvalue weighted by molar-refractivity contribution is 4.97. The highest BCUT2D eigenvalue weighted by atomic mass is 16.5. The van der Waals surface area contributed by atoms with Crippen molar-refractivity contribution in [3.05, 3.63) is 0 Å². The largest absolute Gasteiger partial charge is 0.379 e. The fraction of sp³-hybridized carbons (Fsp3) is 1.00. The van der Waals surface area contributed by atoms with Gasteiger partial charge in [-0.15, -0.1) is 0 Å². The minimum Gasteiger partial charge on any atom is -0.379 e. The second-order valence-corrected chi connectivity index (χ2v) is 5.86. The van der Waals surface area contributed by atoms with Crippen LogP contribution in [0.5, 0.6) is 0 Å². The molecule has 0 amide bonds. The van der Waals surface area contributed by atoms with Crippen molar-refractivity contribution in [3.63, 3.8) is 0 Å². The van der Waals surface area contributed by atoms with Crippen molar-refractivity contribution in [1.82, 2.24) is 10.2 Å². The first-order valence-corrected chi connectivity index (χ1v) is 6.66. The molecule has 0 aromatic heterocycles. The summed E-state index contributed by atoms with van der Waals surface area (Å²) in [6.45, 7) is 12.2. The first kappa shape index (κ1) is 12.3. The lowest BCUT2D eigenvalue weighted by Crippen LogP contribution is -2.48. The molecule has 1 N–H and O–H groups in total. The molecule has 1 aliphatic carbocycles. The maximum Gasteiger partial charge on any atom is 0.0594 e. The summed E-state index contributed by atoms with van der Waals surface area (Å²) in [6, 6.07) is 1.24. The van der Waals surface area contributed by atoms with Crippen molar-refractivity contribution < 1.29 is 4.74 Å². The van der Waals surface area contributed by atoms with Crippen LogP contribution in [0.2, 0.25) is 0 Å². The molecule has 0 spiro atoms. The summed E-state index contributed by atoms with van der Waals surface area (Å²) < 4.78 is 5.36. The summed E-state index contributed by atoms with van der Waals surface area (Å²) >= 11 is 0. The van der Waals surface area contributed by atoms with Crippen LogP contribution in [0.4, 0.5) is 0 Å². The lowest BCUT2D eigenvalue weighted by molar-refractivity contribution is 0.0335. The smallest absolute Gasteiger partial charge is 0.0594 e. The van der Waals surface area contributed by atoms with Gasteiger partial charge in [0.1, 0.15) is 0 Å². The molecule has 2 fully saturated rings. The number of ether oxygens (including phenoxy) is 1. The van der Waals surface area contributed by atoms with Gasteiger partial charge >= 0.3 is 0 Å². The molecule has 94 valence electrons. The zero-order valence-electron chi connectivity index (χ0n) is 11.0. The molecule has 1 saturated heterocycles. The van der Waals surface area contributed by atoms with E-state index in [0.717, 1.165) is 32.8 Å². The van der Waals surface area contributed by atoms with Crippen LogP contribution in [0, 0.1) is 5.41 Å². The van der Waals surface area contributed by atoms with Gasteiger partial charge in [0.2, 0.25) is 0 Å². The van der Waals surface area contributed by atoms with Gasteiger partial charge in [-0.3, -0.25) is 4.90 Å². The van der Waals surface area contributed by atoms with E-state index in [0.29, 0.717) is 17.5 Å². The molecule has 2 atom stereocenters. The Kier molecular flexibility index (Phi) is 3.88. The van der Waals surface area contributed by atoms with E-state index >= 15 is 0 Å². The molecule has 2 aliphatic rings. The van der Waals surface area contributed by atoms with E-state index in [9.17, 15) is 0 Å². The topological polar surface area (TPSA) is 24.5 Å². The fourth-order valence-electron chi connectivity index (χ4n) is 2.48. The summed E-state index contributed by atoms with van der Waals surface area (Å²) in [5, 5.41) is 3.75. The predicted molar refractivity (Wildman–Crippen MR) is 66.7 cm³/mol. The summed E-state index contributed by atoms with van der Waals surface area (Å²) in [5.74, 6) is 0. The number of nitrogens with zero attached hydrogens (tertiary/aromatic N) is 1. The molecular formula is C13H26N2O. The zero-order chi connectivity index (χ0) is 11.6. The zero-order valence-corrected chi connectivity index (χ0v) is 11.0. The number of nitrogens with one attached hydrogen (secondary N) is 1. The van der Waals surface area contributed by atoms with Crippen LogP contribution in [-0.4, -0.2) is 49.8 Å². The maximum absolute atomic E-state index is 5.36.